The van der Waals surface area contributed by atoms with Crippen LogP contribution in [0.3, 0.4) is 0 Å². The number of benzene rings is 1. The fourth-order valence-corrected chi connectivity index (χ4v) is 2.04. The Bertz CT molecular complexity index is 286. The van der Waals surface area contributed by atoms with Crippen LogP contribution in [0.4, 0.5) is 0 Å². The Morgan fingerprint density at radius 2 is 2.13 bits per heavy atom. The van der Waals surface area contributed by atoms with E-state index in [4.69, 9.17) is 4.74 Å². The van der Waals surface area contributed by atoms with Crippen molar-refractivity contribution in [3.63, 3.8) is 0 Å². The molecule has 2 heteroatoms. The Kier molecular flexibility index (Phi) is 3.75. The molecule has 0 aromatic heterocycles. The van der Waals surface area contributed by atoms with E-state index < -0.39 is 0 Å². The Morgan fingerprint density at radius 1 is 1.33 bits per heavy atom. The summed E-state index contributed by atoms with van der Waals surface area (Å²) < 4.78 is 5.52. The summed E-state index contributed by atoms with van der Waals surface area (Å²) in [6.45, 7) is 4.02. The molecule has 1 aliphatic heterocycles. The molecule has 1 fully saturated rings. The predicted octanol–water partition coefficient (Wildman–Crippen LogP) is 2.34. The van der Waals surface area contributed by atoms with Crippen molar-refractivity contribution in [1.82, 2.24) is 5.32 Å². The highest BCUT2D eigenvalue weighted by atomic mass is 16.5. The topological polar surface area (TPSA) is 21.3 Å². The van der Waals surface area contributed by atoms with Gasteiger partial charge in [0.2, 0.25) is 0 Å². The standard InChI is InChI=1S/C13H19NO/c1-11-9-13(7-8-15-11)14-10-12-5-3-2-4-6-12/h2-6,11,13-14H,7-10H2,1H3/t11-,13+/m1/s1. The normalized spacial score (nSPS) is 26.5. The molecule has 2 rings (SSSR count). The molecule has 1 heterocycles. The fourth-order valence-electron chi connectivity index (χ4n) is 2.04. The molecule has 82 valence electrons. The third-order valence-electron chi connectivity index (χ3n) is 2.92. The van der Waals surface area contributed by atoms with Crippen LogP contribution in [0, 0.1) is 0 Å². The monoisotopic (exact) mass is 205 g/mol. The molecule has 1 aromatic rings. The summed E-state index contributed by atoms with van der Waals surface area (Å²) >= 11 is 0. The van der Waals surface area contributed by atoms with Crippen LogP contribution in [0.2, 0.25) is 0 Å². The summed E-state index contributed by atoms with van der Waals surface area (Å²) in [5, 5.41) is 3.59. The van der Waals surface area contributed by atoms with Crippen molar-refractivity contribution >= 4 is 0 Å². The van der Waals surface area contributed by atoms with Gasteiger partial charge < -0.3 is 10.1 Å². The molecule has 0 spiro atoms. The molecule has 0 bridgehead atoms. The smallest absolute Gasteiger partial charge is 0.0561 e. The summed E-state index contributed by atoms with van der Waals surface area (Å²) in [5.74, 6) is 0. The van der Waals surface area contributed by atoms with Gasteiger partial charge in [0.1, 0.15) is 0 Å². The molecule has 0 saturated carbocycles. The van der Waals surface area contributed by atoms with Gasteiger partial charge in [0.05, 0.1) is 6.10 Å². The Morgan fingerprint density at radius 3 is 2.87 bits per heavy atom. The Labute approximate surface area is 91.6 Å². The number of rotatable bonds is 3. The number of hydrogen-bond donors (Lipinski definition) is 1. The average Bonchev–Trinajstić information content (AvgIpc) is 2.28. The van der Waals surface area contributed by atoms with Gasteiger partial charge in [0.25, 0.3) is 0 Å². The lowest BCUT2D eigenvalue weighted by Crippen LogP contribution is -2.37. The summed E-state index contributed by atoms with van der Waals surface area (Å²) in [5.41, 5.74) is 1.36. The van der Waals surface area contributed by atoms with Crippen LogP contribution >= 0.6 is 0 Å². The van der Waals surface area contributed by atoms with E-state index in [9.17, 15) is 0 Å². The number of hydrogen-bond acceptors (Lipinski definition) is 2. The summed E-state index contributed by atoms with van der Waals surface area (Å²) in [6, 6.07) is 11.2. The van der Waals surface area contributed by atoms with Crippen LogP contribution in [0.25, 0.3) is 0 Å². The molecule has 0 unspecified atom stereocenters. The van der Waals surface area contributed by atoms with E-state index in [1.165, 1.54) is 5.56 Å². The average molecular weight is 205 g/mol. The van der Waals surface area contributed by atoms with Gasteiger partial charge in [-0.25, -0.2) is 0 Å². The third kappa shape index (κ3) is 3.33. The minimum Gasteiger partial charge on any atom is -0.378 e. The first-order chi connectivity index (χ1) is 7.34. The van der Waals surface area contributed by atoms with Crippen molar-refractivity contribution in [2.75, 3.05) is 6.61 Å². The van der Waals surface area contributed by atoms with Crippen LogP contribution in [-0.2, 0) is 11.3 Å². The minimum atomic E-state index is 0.409. The van der Waals surface area contributed by atoms with Crippen LogP contribution in [0.15, 0.2) is 30.3 Å². The first-order valence-corrected chi connectivity index (χ1v) is 5.73. The lowest BCUT2D eigenvalue weighted by molar-refractivity contribution is 0.0130. The van der Waals surface area contributed by atoms with E-state index in [1.807, 2.05) is 0 Å². The first kappa shape index (κ1) is 10.7. The molecule has 1 aliphatic rings. The zero-order valence-electron chi connectivity index (χ0n) is 9.28. The fraction of sp³-hybridized carbons (Fsp3) is 0.538. The molecule has 0 amide bonds. The van der Waals surface area contributed by atoms with Crippen molar-refractivity contribution in [2.45, 2.75) is 38.5 Å². The van der Waals surface area contributed by atoms with Crippen LogP contribution in [0.1, 0.15) is 25.3 Å². The van der Waals surface area contributed by atoms with Crippen molar-refractivity contribution in [3.05, 3.63) is 35.9 Å². The maximum Gasteiger partial charge on any atom is 0.0561 e. The minimum absolute atomic E-state index is 0.409. The zero-order valence-corrected chi connectivity index (χ0v) is 9.28. The first-order valence-electron chi connectivity index (χ1n) is 5.73. The van der Waals surface area contributed by atoms with Gasteiger partial charge >= 0.3 is 0 Å². The lowest BCUT2D eigenvalue weighted by atomic mass is 10.0. The highest BCUT2D eigenvalue weighted by molar-refractivity contribution is 5.14. The molecule has 1 aromatic carbocycles. The summed E-state index contributed by atoms with van der Waals surface area (Å²) in [7, 11) is 0. The lowest BCUT2D eigenvalue weighted by Gasteiger charge is -2.28. The molecule has 1 N–H and O–H groups in total. The van der Waals surface area contributed by atoms with Gasteiger partial charge in [0.15, 0.2) is 0 Å². The maximum absolute atomic E-state index is 5.52. The van der Waals surface area contributed by atoms with E-state index in [0.29, 0.717) is 12.1 Å². The largest absolute Gasteiger partial charge is 0.378 e. The van der Waals surface area contributed by atoms with Crippen LogP contribution < -0.4 is 5.32 Å². The van der Waals surface area contributed by atoms with E-state index in [0.717, 1.165) is 26.0 Å². The number of ether oxygens (including phenoxy) is 1. The molecule has 2 atom stereocenters. The van der Waals surface area contributed by atoms with Crippen molar-refractivity contribution in [1.29, 1.82) is 0 Å². The highest BCUT2D eigenvalue weighted by Gasteiger charge is 2.18. The maximum atomic E-state index is 5.52. The second-order valence-electron chi connectivity index (χ2n) is 4.27. The molecule has 15 heavy (non-hydrogen) atoms. The van der Waals surface area contributed by atoms with E-state index in [2.05, 4.69) is 42.6 Å². The number of nitrogens with one attached hydrogen (secondary N) is 1. The van der Waals surface area contributed by atoms with Gasteiger partial charge in [-0.3, -0.25) is 0 Å². The predicted molar refractivity (Wildman–Crippen MR) is 61.7 cm³/mol. The zero-order chi connectivity index (χ0) is 10.5. The van der Waals surface area contributed by atoms with Crippen molar-refractivity contribution in [3.8, 4) is 0 Å². The van der Waals surface area contributed by atoms with Gasteiger partial charge in [-0.15, -0.1) is 0 Å². The van der Waals surface area contributed by atoms with Gasteiger partial charge in [-0.05, 0) is 25.3 Å². The quantitative estimate of drug-likeness (QED) is 0.818. The van der Waals surface area contributed by atoms with Crippen LogP contribution in [0.5, 0.6) is 0 Å². The van der Waals surface area contributed by atoms with E-state index in [1.54, 1.807) is 0 Å². The van der Waals surface area contributed by atoms with E-state index in [-0.39, 0.29) is 0 Å². The molecule has 0 aliphatic carbocycles. The molecule has 1 saturated heterocycles. The summed E-state index contributed by atoms with van der Waals surface area (Å²) in [4.78, 5) is 0. The van der Waals surface area contributed by atoms with Crippen molar-refractivity contribution < 1.29 is 4.74 Å². The third-order valence-corrected chi connectivity index (χ3v) is 2.92. The SMILES string of the molecule is C[C@@H]1C[C@@H](NCc2ccccc2)CCO1. The van der Waals surface area contributed by atoms with Gasteiger partial charge in [-0.2, -0.15) is 0 Å². The molecule has 0 radical (unpaired) electrons. The van der Waals surface area contributed by atoms with Gasteiger partial charge in [-0.1, -0.05) is 30.3 Å². The Balaban J connectivity index is 1.78. The van der Waals surface area contributed by atoms with Crippen molar-refractivity contribution in [2.24, 2.45) is 0 Å². The second-order valence-corrected chi connectivity index (χ2v) is 4.27. The molecular formula is C13H19NO. The highest BCUT2D eigenvalue weighted by Crippen LogP contribution is 2.13. The van der Waals surface area contributed by atoms with E-state index >= 15 is 0 Å². The molecular weight excluding hydrogens is 186 g/mol. The molecule has 2 nitrogen and oxygen atoms in total. The summed E-state index contributed by atoms with van der Waals surface area (Å²) in [6.07, 6.45) is 2.68. The second kappa shape index (κ2) is 5.29. The van der Waals surface area contributed by atoms with Gasteiger partial charge in [0, 0.05) is 19.2 Å². The Hall–Kier alpha value is -0.860. The van der Waals surface area contributed by atoms with Crippen LogP contribution in [-0.4, -0.2) is 18.8 Å².